The summed E-state index contributed by atoms with van der Waals surface area (Å²) in [6.45, 7) is 2.07. The molecule has 2 heterocycles. The highest BCUT2D eigenvalue weighted by Gasteiger charge is 2.12. The smallest absolute Gasteiger partial charge is 0.349 e. The molecule has 3 rings (SSSR count). The van der Waals surface area contributed by atoms with Crippen molar-refractivity contribution in [2.45, 2.75) is 19.3 Å². The molecule has 7 heteroatoms. The fraction of sp³-hybridized carbons (Fsp3) is 0.333. The summed E-state index contributed by atoms with van der Waals surface area (Å²) in [5, 5.41) is 12.6. The molecule has 0 atom stereocenters. The Morgan fingerprint density at radius 3 is 2.32 bits per heavy atom. The zero-order valence-electron chi connectivity index (χ0n) is 12.0. The van der Waals surface area contributed by atoms with E-state index in [2.05, 4.69) is 15.0 Å². The van der Waals surface area contributed by atoms with Crippen LogP contribution in [0.2, 0.25) is 0 Å². The molecule has 112 valence electrons. The van der Waals surface area contributed by atoms with Crippen molar-refractivity contribution >= 4 is 5.69 Å². The lowest BCUT2D eigenvalue weighted by Crippen LogP contribution is -2.33. The average molecular weight is 297 g/mol. The third kappa shape index (κ3) is 2.63. The van der Waals surface area contributed by atoms with Crippen molar-refractivity contribution in [2.75, 3.05) is 18.0 Å². The Kier molecular flexibility index (Phi) is 3.74. The van der Waals surface area contributed by atoms with Crippen molar-refractivity contribution in [3.63, 3.8) is 0 Å². The van der Waals surface area contributed by atoms with E-state index in [1.165, 1.54) is 19.3 Å². The number of hydrogen-bond donors (Lipinski definition) is 1. The Labute approximate surface area is 126 Å². The molecule has 7 nitrogen and oxygen atoms in total. The minimum absolute atomic E-state index is 0.334. The predicted molar refractivity (Wildman–Crippen MR) is 81.2 cm³/mol. The number of aromatic nitrogens is 3. The van der Waals surface area contributed by atoms with Gasteiger partial charge >= 0.3 is 5.69 Å². The molecular formula is C15H15N5O2. The molecule has 1 aliphatic heterocycles. The minimum atomic E-state index is -0.770. The molecule has 0 aliphatic carbocycles. The van der Waals surface area contributed by atoms with E-state index in [0.717, 1.165) is 23.5 Å². The molecular weight excluding hydrogens is 282 g/mol. The highest BCUT2D eigenvalue weighted by atomic mass is 16.2. The van der Waals surface area contributed by atoms with Gasteiger partial charge in [-0.25, -0.2) is 4.79 Å². The van der Waals surface area contributed by atoms with Gasteiger partial charge in [0, 0.05) is 18.8 Å². The molecule has 0 radical (unpaired) electrons. The molecule has 1 aromatic carbocycles. The summed E-state index contributed by atoms with van der Waals surface area (Å²) in [7, 11) is 0. The number of anilines is 1. The molecule has 1 aliphatic rings. The van der Waals surface area contributed by atoms with Gasteiger partial charge in [0.25, 0.3) is 5.56 Å². The largest absolute Gasteiger partial charge is 0.372 e. The Bertz CT molecular complexity index is 823. The van der Waals surface area contributed by atoms with Gasteiger partial charge in [0.2, 0.25) is 5.69 Å². The number of nitriles is 1. The molecule has 2 aromatic rings. The van der Waals surface area contributed by atoms with Crippen LogP contribution in [0.1, 0.15) is 25.0 Å². The van der Waals surface area contributed by atoms with Crippen LogP contribution in [0.25, 0.3) is 5.69 Å². The molecule has 0 saturated carbocycles. The first-order chi connectivity index (χ1) is 10.7. The van der Waals surface area contributed by atoms with Crippen molar-refractivity contribution in [3.05, 3.63) is 50.8 Å². The summed E-state index contributed by atoms with van der Waals surface area (Å²) in [6, 6.07) is 9.04. The lowest BCUT2D eigenvalue weighted by Gasteiger charge is -2.28. The molecule has 1 aromatic heterocycles. The molecule has 22 heavy (non-hydrogen) atoms. The van der Waals surface area contributed by atoms with E-state index in [4.69, 9.17) is 5.26 Å². The maximum absolute atomic E-state index is 11.8. The fourth-order valence-electron chi connectivity index (χ4n) is 2.60. The average Bonchev–Trinajstić information content (AvgIpc) is 2.56. The van der Waals surface area contributed by atoms with Gasteiger partial charge in [0.05, 0.1) is 5.69 Å². The van der Waals surface area contributed by atoms with E-state index in [9.17, 15) is 9.59 Å². The van der Waals surface area contributed by atoms with Crippen molar-refractivity contribution in [1.82, 2.24) is 14.8 Å². The number of hydrogen-bond acceptors (Lipinski definition) is 5. The van der Waals surface area contributed by atoms with Gasteiger partial charge in [-0.05, 0) is 43.5 Å². The van der Waals surface area contributed by atoms with Crippen LogP contribution in [-0.2, 0) is 0 Å². The molecule has 1 N–H and O–H groups in total. The standard InChI is InChI=1S/C15H15N5O2/c16-10-13-14(21)17-15(22)20(18-13)12-6-4-11(5-7-12)19-8-2-1-3-9-19/h4-7H,1-3,8-9H2,(H,17,21,22). The van der Waals surface area contributed by atoms with Gasteiger partial charge in [0.15, 0.2) is 0 Å². The second-order valence-electron chi connectivity index (χ2n) is 5.20. The van der Waals surface area contributed by atoms with Crippen LogP contribution in [-0.4, -0.2) is 27.9 Å². The van der Waals surface area contributed by atoms with E-state index in [1.54, 1.807) is 18.2 Å². The third-order valence-electron chi connectivity index (χ3n) is 3.75. The van der Waals surface area contributed by atoms with Crippen LogP contribution in [0.5, 0.6) is 0 Å². The molecule has 0 spiro atoms. The Morgan fingerprint density at radius 2 is 1.68 bits per heavy atom. The summed E-state index contributed by atoms with van der Waals surface area (Å²) in [6.07, 6.45) is 3.64. The van der Waals surface area contributed by atoms with Crippen molar-refractivity contribution in [1.29, 1.82) is 5.26 Å². The predicted octanol–water partition coefficient (Wildman–Crippen LogP) is 0.783. The van der Waals surface area contributed by atoms with Gasteiger partial charge in [-0.2, -0.15) is 9.94 Å². The van der Waals surface area contributed by atoms with Crippen LogP contribution in [0.4, 0.5) is 5.69 Å². The quantitative estimate of drug-likeness (QED) is 0.884. The number of piperidine rings is 1. The lowest BCUT2D eigenvalue weighted by molar-refractivity contribution is 0.578. The summed E-state index contributed by atoms with van der Waals surface area (Å²) < 4.78 is 1.03. The molecule has 1 saturated heterocycles. The first-order valence-electron chi connectivity index (χ1n) is 7.18. The van der Waals surface area contributed by atoms with Gasteiger partial charge in [-0.1, -0.05) is 0 Å². The van der Waals surface area contributed by atoms with Crippen LogP contribution >= 0.6 is 0 Å². The zero-order chi connectivity index (χ0) is 15.5. The first-order valence-corrected chi connectivity index (χ1v) is 7.18. The number of benzene rings is 1. The molecule has 0 unspecified atom stereocenters. The van der Waals surface area contributed by atoms with Crippen molar-refractivity contribution in [3.8, 4) is 11.8 Å². The van der Waals surface area contributed by atoms with Crippen LogP contribution < -0.4 is 16.1 Å². The number of nitrogens with zero attached hydrogens (tertiary/aromatic N) is 4. The van der Waals surface area contributed by atoms with Crippen LogP contribution in [0.3, 0.4) is 0 Å². The second kappa shape index (κ2) is 5.85. The Balaban J connectivity index is 1.95. The highest BCUT2D eigenvalue weighted by molar-refractivity contribution is 5.51. The maximum Gasteiger partial charge on any atom is 0.349 e. The fourth-order valence-corrected chi connectivity index (χ4v) is 2.60. The number of aromatic amines is 1. The summed E-state index contributed by atoms with van der Waals surface area (Å²) in [5.41, 5.74) is -0.150. The van der Waals surface area contributed by atoms with Crippen LogP contribution in [0.15, 0.2) is 33.9 Å². The van der Waals surface area contributed by atoms with Crippen molar-refractivity contribution in [2.24, 2.45) is 0 Å². The zero-order valence-corrected chi connectivity index (χ0v) is 12.0. The topological polar surface area (TPSA) is 94.8 Å². The Morgan fingerprint density at radius 1 is 1.05 bits per heavy atom. The number of H-pyrrole nitrogens is 1. The van der Waals surface area contributed by atoms with Gasteiger partial charge in [0.1, 0.15) is 6.07 Å². The van der Waals surface area contributed by atoms with Gasteiger partial charge < -0.3 is 4.90 Å². The monoisotopic (exact) mass is 297 g/mol. The Hall–Kier alpha value is -2.88. The van der Waals surface area contributed by atoms with E-state index < -0.39 is 11.2 Å². The molecule has 0 amide bonds. The normalized spacial score (nSPS) is 14.6. The third-order valence-corrected chi connectivity index (χ3v) is 3.75. The van der Waals surface area contributed by atoms with Crippen molar-refractivity contribution < 1.29 is 0 Å². The van der Waals surface area contributed by atoms with Gasteiger partial charge in [-0.3, -0.25) is 9.78 Å². The van der Waals surface area contributed by atoms with E-state index in [0.29, 0.717) is 5.69 Å². The van der Waals surface area contributed by atoms with Gasteiger partial charge in [-0.15, -0.1) is 5.10 Å². The summed E-state index contributed by atoms with van der Waals surface area (Å²) >= 11 is 0. The summed E-state index contributed by atoms with van der Waals surface area (Å²) in [4.78, 5) is 27.6. The van der Waals surface area contributed by atoms with E-state index >= 15 is 0 Å². The molecule has 1 fully saturated rings. The van der Waals surface area contributed by atoms with E-state index in [1.807, 2.05) is 12.1 Å². The van der Waals surface area contributed by atoms with Crippen LogP contribution in [0, 0.1) is 11.3 Å². The first kappa shape index (κ1) is 14.1. The second-order valence-corrected chi connectivity index (χ2v) is 5.20. The SMILES string of the molecule is N#Cc1nn(-c2ccc(N3CCCCC3)cc2)c(=O)[nH]c1=O. The minimum Gasteiger partial charge on any atom is -0.372 e. The lowest BCUT2D eigenvalue weighted by atomic mass is 10.1. The summed E-state index contributed by atoms with van der Waals surface area (Å²) in [5.74, 6) is 0. The number of nitrogens with one attached hydrogen (secondary N) is 1. The highest BCUT2D eigenvalue weighted by Crippen LogP contribution is 2.20. The van der Waals surface area contributed by atoms with E-state index in [-0.39, 0.29) is 5.69 Å². The molecule has 0 bridgehead atoms. The number of rotatable bonds is 2. The maximum atomic E-state index is 11.8.